The minimum Gasteiger partial charge on any atom is -0.497 e. The number of rotatable bonds is 5. The van der Waals surface area contributed by atoms with Crippen LogP contribution in [-0.4, -0.2) is 37.6 Å². The minimum atomic E-state index is -0.186. The van der Waals surface area contributed by atoms with Crippen molar-refractivity contribution < 1.29 is 9.53 Å². The summed E-state index contributed by atoms with van der Waals surface area (Å²) < 4.78 is 6.85. The Morgan fingerprint density at radius 2 is 1.90 bits per heavy atom. The number of hydrogen-bond donors (Lipinski definition) is 3. The summed E-state index contributed by atoms with van der Waals surface area (Å²) in [5.41, 5.74) is 11.3. The summed E-state index contributed by atoms with van der Waals surface area (Å²) in [5.74, 6) is 1.85. The Labute approximate surface area is 177 Å². The maximum atomic E-state index is 13.0. The van der Waals surface area contributed by atoms with Crippen LogP contribution in [0.3, 0.4) is 0 Å². The smallest absolute Gasteiger partial charge is 0.212 e. The zero-order chi connectivity index (χ0) is 21.5. The number of imidazole rings is 1. The van der Waals surface area contributed by atoms with Crippen molar-refractivity contribution in [3.05, 3.63) is 78.0 Å². The van der Waals surface area contributed by atoms with Crippen molar-refractivity contribution in [2.45, 2.75) is 6.92 Å². The van der Waals surface area contributed by atoms with E-state index in [1.165, 1.54) is 0 Å². The number of carbonyl (C=O) groups excluding carboxylic acids is 1. The SMILES string of the molecule is COc1ccc(-c2cc(C(=O)c3cnn(-c4ccc5[nH]c(C)nc5c4)c3)[nH]c2N)cc1. The van der Waals surface area contributed by atoms with E-state index in [1.807, 2.05) is 49.4 Å². The highest BCUT2D eigenvalue weighted by atomic mass is 16.5. The third-order valence-electron chi connectivity index (χ3n) is 5.19. The number of aryl methyl sites for hydroxylation is 1. The fourth-order valence-electron chi connectivity index (χ4n) is 3.60. The second-order valence-electron chi connectivity index (χ2n) is 7.27. The number of ether oxygens (including phenoxy) is 1. The Morgan fingerprint density at radius 3 is 2.68 bits per heavy atom. The van der Waals surface area contributed by atoms with E-state index < -0.39 is 0 Å². The van der Waals surface area contributed by atoms with Crippen molar-refractivity contribution >= 4 is 22.6 Å². The van der Waals surface area contributed by atoms with Gasteiger partial charge in [-0.2, -0.15) is 5.10 Å². The highest BCUT2D eigenvalue weighted by Gasteiger charge is 2.17. The Kier molecular flexibility index (Phi) is 4.32. The van der Waals surface area contributed by atoms with Gasteiger partial charge < -0.3 is 20.4 Å². The molecule has 0 aliphatic carbocycles. The lowest BCUT2D eigenvalue weighted by molar-refractivity contribution is 0.103. The second kappa shape index (κ2) is 7.17. The molecule has 0 spiro atoms. The van der Waals surface area contributed by atoms with Crippen molar-refractivity contribution in [3.8, 4) is 22.6 Å². The van der Waals surface area contributed by atoms with Gasteiger partial charge in [-0.15, -0.1) is 0 Å². The number of anilines is 1. The van der Waals surface area contributed by atoms with Gasteiger partial charge in [0, 0.05) is 11.8 Å². The summed E-state index contributed by atoms with van der Waals surface area (Å²) in [7, 11) is 1.62. The van der Waals surface area contributed by atoms with Crippen molar-refractivity contribution in [2.75, 3.05) is 12.8 Å². The lowest BCUT2D eigenvalue weighted by Gasteiger charge is -2.02. The molecule has 8 nitrogen and oxygen atoms in total. The number of H-pyrrole nitrogens is 2. The number of ketones is 1. The number of nitrogen functional groups attached to an aromatic ring is 1. The molecule has 0 unspecified atom stereocenters. The van der Waals surface area contributed by atoms with Crippen molar-refractivity contribution in [1.29, 1.82) is 0 Å². The lowest BCUT2D eigenvalue weighted by Crippen LogP contribution is -2.01. The lowest BCUT2D eigenvalue weighted by atomic mass is 10.1. The molecular weight excluding hydrogens is 392 g/mol. The van der Waals surface area contributed by atoms with Crippen molar-refractivity contribution in [2.24, 2.45) is 0 Å². The minimum absolute atomic E-state index is 0.186. The number of carbonyl (C=O) groups is 1. The molecule has 0 bridgehead atoms. The van der Waals surface area contributed by atoms with Crippen LogP contribution in [0.2, 0.25) is 0 Å². The third kappa shape index (κ3) is 3.33. The van der Waals surface area contributed by atoms with Crippen LogP contribution >= 0.6 is 0 Å². The van der Waals surface area contributed by atoms with E-state index in [0.29, 0.717) is 17.1 Å². The standard InChI is InChI=1S/C23H20N6O2/c1-13-26-19-8-5-16(9-20(19)27-13)29-12-15(11-25-29)22(30)21-10-18(23(24)28-21)14-3-6-17(31-2)7-4-14/h3-12,28H,24H2,1-2H3,(H,26,27). The van der Waals surface area contributed by atoms with Crippen LogP contribution in [0.15, 0.2) is 60.9 Å². The monoisotopic (exact) mass is 412 g/mol. The van der Waals surface area contributed by atoms with Crippen molar-refractivity contribution in [3.63, 3.8) is 0 Å². The van der Waals surface area contributed by atoms with E-state index in [-0.39, 0.29) is 5.78 Å². The maximum absolute atomic E-state index is 13.0. The molecule has 3 aromatic heterocycles. The van der Waals surface area contributed by atoms with Crippen LogP contribution in [0.25, 0.3) is 27.8 Å². The molecule has 0 saturated carbocycles. The van der Waals surface area contributed by atoms with Gasteiger partial charge in [-0.05, 0) is 48.9 Å². The summed E-state index contributed by atoms with van der Waals surface area (Å²) in [6.07, 6.45) is 3.25. The third-order valence-corrected chi connectivity index (χ3v) is 5.19. The number of benzene rings is 2. The van der Waals surface area contributed by atoms with Gasteiger partial charge in [0.05, 0.1) is 41.3 Å². The van der Waals surface area contributed by atoms with E-state index in [4.69, 9.17) is 10.5 Å². The summed E-state index contributed by atoms with van der Waals surface area (Å²) in [4.78, 5) is 23.7. The predicted molar refractivity (Wildman–Crippen MR) is 119 cm³/mol. The molecule has 3 heterocycles. The molecule has 0 fully saturated rings. The molecule has 0 amide bonds. The van der Waals surface area contributed by atoms with Gasteiger partial charge in [-0.25, -0.2) is 9.67 Å². The van der Waals surface area contributed by atoms with Gasteiger partial charge in [0.1, 0.15) is 17.4 Å². The molecule has 154 valence electrons. The first-order valence-electron chi connectivity index (χ1n) is 9.71. The molecule has 8 heteroatoms. The average molecular weight is 412 g/mol. The Hall–Kier alpha value is -4.33. The number of fused-ring (bicyclic) bond motifs is 1. The fraction of sp³-hybridized carbons (Fsp3) is 0.0870. The van der Waals surface area contributed by atoms with E-state index in [2.05, 4.69) is 20.1 Å². The molecule has 0 saturated heterocycles. The molecule has 5 rings (SSSR count). The zero-order valence-corrected chi connectivity index (χ0v) is 17.0. The molecule has 0 aliphatic heterocycles. The number of nitrogens with two attached hydrogens (primary N) is 1. The summed E-state index contributed by atoms with van der Waals surface area (Å²) in [6, 6.07) is 15.1. The second-order valence-corrected chi connectivity index (χ2v) is 7.27. The van der Waals surface area contributed by atoms with Crippen LogP contribution in [0.4, 0.5) is 5.82 Å². The number of hydrogen-bond acceptors (Lipinski definition) is 5. The van der Waals surface area contributed by atoms with Crippen LogP contribution in [0.5, 0.6) is 5.75 Å². The highest BCUT2D eigenvalue weighted by molar-refractivity contribution is 6.09. The first-order valence-corrected chi connectivity index (χ1v) is 9.71. The number of methoxy groups -OCH3 is 1. The normalized spacial score (nSPS) is 11.2. The summed E-state index contributed by atoms with van der Waals surface area (Å²) >= 11 is 0. The first kappa shape index (κ1) is 18.7. The first-order chi connectivity index (χ1) is 15.0. The van der Waals surface area contributed by atoms with E-state index in [1.54, 1.807) is 30.3 Å². The number of nitrogens with one attached hydrogen (secondary N) is 2. The Bertz CT molecular complexity index is 1410. The van der Waals surface area contributed by atoms with Crippen LogP contribution in [0.1, 0.15) is 21.9 Å². The van der Waals surface area contributed by atoms with Gasteiger partial charge in [0.2, 0.25) is 5.78 Å². The molecule has 0 aliphatic rings. The zero-order valence-electron chi connectivity index (χ0n) is 17.0. The average Bonchev–Trinajstić information content (AvgIpc) is 3.50. The molecule has 2 aromatic carbocycles. The van der Waals surface area contributed by atoms with Crippen LogP contribution in [0, 0.1) is 6.92 Å². The molecule has 5 aromatic rings. The maximum Gasteiger partial charge on any atom is 0.212 e. The van der Waals surface area contributed by atoms with Gasteiger partial charge in [-0.1, -0.05) is 12.1 Å². The number of aromatic amines is 2. The molecule has 31 heavy (non-hydrogen) atoms. The van der Waals surface area contributed by atoms with E-state index >= 15 is 0 Å². The van der Waals surface area contributed by atoms with E-state index in [0.717, 1.165) is 39.4 Å². The quantitative estimate of drug-likeness (QED) is 0.379. The van der Waals surface area contributed by atoms with Crippen molar-refractivity contribution in [1.82, 2.24) is 24.7 Å². The van der Waals surface area contributed by atoms with E-state index in [9.17, 15) is 4.79 Å². The summed E-state index contributed by atoms with van der Waals surface area (Å²) in [6.45, 7) is 1.91. The topological polar surface area (TPSA) is 115 Å². The predicted octanol–water partition coefficient (Wildman–Crippen LogP) is 3.87. The fourth-order valence-corrected chi connectivity index (χ4v) is 3.60. The number of nitrogens with zero attached hydrogens (tertiary/aromatic N) is 3. The number of aromatic nitrogens is 5. The Balaban J connectivity index is 1.43. The molecule has 4 N–H and O–H groups in total. The summed E-state index contributed by atoms with van der Waals surface area (Å²) in [5, 5.41) is 4.35. The van der Waals surface area contributed by atoms with Crippen LogP contribution < -0.4 is 10.5 Å². The van der Waals surface area contributed by atoms with Gasteiger partial charge in [0.15, 0.2) is 0 Å². The van der Waals surface area contributed by atoms with Gasteiger partial charge in [-0.3, -0.25) is 4.79 Å². The highest BCUT2D eigenvalue weighted by Crippen LogP contribution is 2.29. The van der Waals surface area contributed by atoms with Gasteiger partial charge >= 0.3 is 0 Å². The molecule has 0 atom stereocenters. The molecular formula is C23H20N6O2. The molecule has 0 radical (unpaired) electrons. The largest absolute Gasteiger partial charge is 0.497 e. The van der Waals surface area contributed by atoms with Crippen LogP contribution in [-0.2, 0) is 0 Å². The Morgan fingerprint density at radius 1 is 1.10 bits per heavy atom. The van der Waals surface area contributed by atoms with Gasteiger partial charge in [0.25, 0.3) is 0 Å².